The van der Waals surface area contributed by atoms with E-state index in [9.17, 15) is 9.59 Å². The van der Waals surface area contributed by atoms with Gasteiger partial charge in [0.05, 0.1) is 22.3 Å². The van der Waals surface area contributed by atoms with E-state index >= 15 is 0 Å². The van der Waals surface area contributed by atoms with Crippen LogP contribution in [0.4, 0.5) is 0 Å². The maximum Gasteiger partial charge on any atom is 0.266 e. The molecule has 0 bridgehead atoms. The summed E-state index contributed by atoms with van der Waals surface area (Å²) in [6.45, 7) is 5.97. The molecule has 0 fully saturated rings. The quantitative estimate of drug-likeness (QED) is 0.293. The smallest absolute Gasteiger partial charge is 0.266 e. The molecular formula is C26H22N4O2S. The number of fused-ring (bicyclic) bond motifs is 2. The van der Waals surface area contributed by atoms with Crippen molar-refractivity contribution in [2.24, 2.45) is 0 Å². The molecule has 164 valence electrons. The van der Waals surface area contributed by atoms with Crippen LogP contribution >= 0.6 is 11.8 Å². The lowest BCUT2D eigenvalue weighted by molar-refractivity contribution is 0.812. The van der Waals surface area contributed by atoms with E-state index in [1.807, 2.05) is 69.3 Å². The molecule has 7 heteroatoms. The zero-order valence-corrected chi connectivity index (χ0v) is 19.4. The molecule has 2 aromatic carbocycles. The van der Waals surface area contributed by atoms with Crippen LogP contribution < -0.4 is 11.1 Å². The minimum absolute atomic E-state index is 0.112. The van der Waals surface area contributed by atoms with Gasteiger partial charge in [0.1, 0.15) is 5.65 Å². The van der Waals surface area contributed by atoms with E-state index in [1.54, 1.807) is 27.3 Å². The van der Waals surface area contributed by atoms with Gasteiger partial charge in [0.25, 0.3) is 11.1 Å². The lowest BCUT2D eigenvalue weighted by atomic mass is 10.1. The Hall–Kier alpha value is -3.71. The predicted molar refractivity (Wildman–Crippen MR) is 133 cm³/mol. The summed E-state index contributed by atoms with van der Waals surface area (Å²) in [5, 5.41) is 1.14. The summed E-state index contributed by atoms with van der Waals surface area (Å²) in [5.41, 5.74) is 5.57. The highest BCUT2D eigenvalue weighted by atomic mass is 32.2. The van der Waals surface area contributed by atoms with E-state index in [2.05, 4.69) is 4.98 Å². The molecule has 0 amide bonds. The summed E-state index contributed by atoms with van der Waals surface area (Å²) in [5.74, 6) is 0.412. The summed E-state index contributed by atoms with van der Waals surface area (Å²) in [4.78, 5) is 35.6. The van der Waals surface area contributed by atoms with Gasteiger partial charge in [0.2, 0.25) is 0 Å². The number of hydrogen-bond donors (Lipinski definition) is 0. The van der Waals surface area contributed by atoms with Crippen LogP contribution in [0.2, 0.25) is 0 Å². The second kappa shape index (κ2) is 8.33. The summed E-state index contributed by atoms with van der Waals surface area (Å²) in [6.07, 6.45) is 1.78. The lowest BCUT2D eigenvalue weighted by Crippen LogP contribution is -2.23. The Morgan fingerprint density at radius 3 is 2.58 bits per heavy atom. The maximum absolute atomic E-state index is 13.5. The van der Waals surface area contributed by atoms with Gasteiger partial charge in [-0.05, 0) is 61.7 Å². The van der Waals surface area contributed by atoms with Gasteiger partial charge in [0, 0.05) is 18.0 Å². The van der Waals surface area contributed by atoms with Crippen molar-refractivity contribution in [3.8, 4) is 5.69 Å². The van der Waals surface area contributed by atoms with E-state index in [0.717, 1.165) is 22.4 Å². The van der Waals surface area contributed by atoms with Crippen molar-refractivity contribution in [3.63, 3.8) is 0 Å². The third-order valence-electron chi connectivity index (χ3n) is 5.77. The molecule has 0 aliphatic rings. The van der Waals surface area contributed by atoms with Crippen LogP contribution in [0.15, 0.2) is 81.6 Å². The molecule has 0 radical (unpaired) electrons. The average molecular weight is 455 g/mol. The van der Waals surface area contributed by atoms with Crippen molar-refractivity contribution in [1.29, 1.82) is 0 Å². The van der Waals surface area contributed by atoms with Gasteiger partial charge < -0.3 is 0 Å². The number of benzene rings is 2. The van der Waals surface area contributed by atoms with Gasteiger partial charge in [0.15, 0.2) is 5.16 Å². The number of pyridine rings is 1. The van der Waals surface area contributed by atoms with Crippen molar-refractivity contribution in [3.05, 3.63) is 110 Å². The SMILES string of the molecule is Cc1ccc2nc(CSc3nc4ccccc4c(=O)n3-c3cccc(C)c3C)cc(=O)n2c1. The number of hydrogen-bond acceptors (Lipinski definition) is 5. The molecular weight excluding hydrogens is 432 g/mol. The fourth-order valence-corrected chi connectivity index (χ4v) is 4.77. The summed E-state index contributed by atoms with van der Waals surface area (Å²) < 4.78 is 3.22. The van der Waals surface area contributed by atoms with Gasteiger partial charge in [-0.2, -0.15) is 0 Å². The van der Waals surface area contributed by atoms with Crippen molar-refractivity contribution < 1.29 is 0 Å². The van der Waals surface area contributed by atoms with Crippen molar-refractivity contribution in [2.45, 2.75) is 31.7 Å². The van der Waals surface area contributed by atoms with Gasteiger partial charge >= 0.3 is 0 Å². The van der Waals surface area contributed by atoms with E-state index in [0.29, 0.717) is 33.2 Å². The number of rotatable bonds is 4. The standard InChI is InChI=1S/C26H22N4O2S/c1-16-11-12-23-27-19(13-24(31)29(23)14-16)15-33-26-28-21-9-5-4-8-20(21)25(32)30(26)22-10-6-7-17(2)18(22)3/h4-14H,15H2,1-3H3. The Morgan fingerprint density at radius 1 is 0.909 bits per heavy atom. The normalized spacial score (nSPS) is 11.4. The summed E-state index contributed by atoms with van der Waals surface area (Å²) in [6, 6.07) is 18.6. The molecule has 5 rings (SSSR count). The maximum atomic E-state index is 13.5. The number of aryl methyl sites for hydroxylation is 2. The molecule has 0 saturated carbocycles. The Kier molecular flexibility index (Phi) is 5.34. The molecule has 3 heterocycles. The van der Waals surface area contributed by atoms with Gasteiger partial charge in [-0.25, -0.2) is 9.97 Å². The molecule has 0 atom stereocenters. The Morgan fingerprint density at radius 2 is 1.73 bits per heavy atom. The third-order valence-corrected chi connectivity index (χ3v) is 6.74. The highest BCUT2D eigenvalue weighted by molar-refractivity contribution is 7.98. The Balaban J connectivity index is 1.63. The van der Waals surface area contributed by atoms with E-state index in [1.165, 1.54) is 11.8 Å². The Bertz CT molecular complexity index is 1650. The van der Waals surface area contributed by atoms with E-state index in [-0.39, 0.29) is 11.1 Å². The van der Waals surface area contributed by atoms with Gasteiger partial charge in [-0.15, -0.1) is 0 Å². The molecule has 33 heavy (non-hydrogen) atoms. The first-order valence-electron chi connectivity index (χ1n) is 10.6. The van der Waals surface area contributed by atoms with Crippen molar-refractivity contribution in [1.82, 2.24) is 18.9 Å². The molecule has 0 saturated heterocycles. The minimum Gasteiger partial charge on any atom is -0.269 e. The van der Waals surface area contributed by atoms with Crippen LogP contribution in [-0.4, -0.2) is 18.9 Å². The molecule has 0 aliphatic carbocycles. The van der Waals surface area contributed by atoms with Gasteiger partial charge in [-0.3, -0.25) is 18.6 Å². The van der Waals surface area contributed by atoms with Crippen molar-refractivity contribution in [2.75, 3.05) is 0 Å². The van der Waals surface area contributed by atoms with Crippen LogP contribution in [0.3, 0.4) is 0 Å². The van der Waals surface area contributed by atoms with Crippen LogP contribution in [0.5, 0.6) is 0 Å². The number of thioether (sulfide) groups is 1. The zero-order chi connectivity index (χ0) is 23.1. The lowest BCUT2D eigenvalue weighted by Gasteiger charge is -2.16. The van der Waals surface area contributed by atoms with Crippen LogP contribution in [0, 0.1) is 20.8 Å². The average Bonchev–Trinajstić information content (AvgIpc) is 2.81. The first-order chi connectivity index (χ1) is 15.9. The Labute approximate surface area is 194 Å². The summed E-state index contributed by atoms with van der Waals surface area (Å²) >= 11 is 1.40. The highest BCUT2D eigenvalue weighted by Crippen LogP contribution is 2.26. The molecule has 0 unspecified atom stereocenters. The van der Waals surface area contributed by atoms with Gasteiger partial charge in [-0.1, -0.05) is 42.1 Å². The number of para-hydroxylation sites is 1. The molecule has 6 nitrogen and oxygen atoms in total. The fourth-order valence-electron chi connectivity index (χ4n) is 3.87. The number of nitrogens with zero attached hydrogens (tertiary/aromatic N) is 4. The second-order valence-corrected chi connectivity index (χ2v) is 9.02. The molecule has 5 aromatic rings. The molecule has 3 aromatic heterocycles. The number of aromatic nitrogens is 4. The zero-order valence-electron chi connectivity index (χ0n) is 18.6. The third kappa shape index (κ3) is 3.85. The van der Waals surface area contributed by atoms with E-state index < -0.39 is 0 Å². The second-order valence-electron chi connectivity index (χ2n) is 8.08. The monoisotopic (exact) mass is 454 g/mol. The molecule has 0 spiro atoms. The minimum atomic E-state index is -0.127. The predicted octanol–water partition coefficient (Wildman–Crippen LogP) is 4.61. The molecule has 0 N–H and O–H groups in total. The molecule has 0 aliphatic heterocycles. The first-order valence-corrected chi connectivity index (χ1v) is 11.6. The highest BCUT2D eigenvalue weighted by Gasteiger charge is 2.16. The van der Waals surface area contributed by atoms with Crippen LogP contribution in [0.25, 0.3) is 22.2 Å². The van der Waals surface area contributed by atoms with Crippen LogP contribution in [0.1, 0.15) is 22.4 Å². The van der Waals surface area contributed by atoms with E-state index in [4.69, 9.17) is 4.98 Å². The van der Waals surface area contributed by atoms with Crippen LogP contribution in [-0.2, 0) is 5.75 Å². The first kappa shape index (κ1) is 21.2. The fraction of sp³-hybridized carbons (Fsp3) is 0.154. The topological polar surface area (TPSA) is 69.3 Å². The van der Waals surface area contributed by atoms with Crippen molar-refractivity contribution >= 4 is 28.3 Å². The largest absolute Gasteiger partial charge is 0.269 e. The summed E-state index contributed by atoms with van der Waals surface area (Å²) in [7, 11) is 0.